The smallest absolute Gasteiger partial charge is 0.342 e. The summed E-state index contributed by atoms with van der Waals surface area (Å²) in [6.07, 6.45) is 0. The van der Waals surface area contributed by atoms with Gasteiger partial charge in [0, 0.05) is 12.1 Å². The van der Waals surface area contributed by atoms with Crippen molar-refractivity contribution in [3.63, 3.8) is 0 Å². The second kappa shape index (κ2) is 7.88. The first-order chi connectivity index (χ1) is 12.3. The topological polar surface area (TPSA) is 151 Å². The number of rotatable bonds is 6. The van der Waals surface area contributed by atoms with E-state index in [-0.39, 0.29) is 22.6 Å². The Labute approximate surface area is 146 Å². The quantitative estimate of drug-likeness (QED) is 0.554. The lowest BCUT2D eigenvalue weighted by molar-refractivity contribution is -0.125. The summed E-state index contributed by atoms with van der Waals surface area (Å²) in [4.78, 5) is 35.1. The van der Waals surface area contributed by atoms with Crippen LogP contribution in [0.4, 0.5) is 0 Å². The van der Waals surface area contributed by atoms with E-state index in [1.165, 1.54) is 0 Å². The molecular weight excluding hydrogens is 348 g/mol. The third kappa shape index (κ3) is 4.63. The first-order valence-electron chi connectivity index (χ1n) is 7.18. The fraction of sp³-hybridized carbons (Fsp3) is 0.118. The third-order valence-corrected chi connectivity index (χ3v) is 3.13. The molecule has 0 heterocycles. The van der Waals surface area contributed by atoms with Crippen LogP contribution < -0.4 is 0 Å². The molecule has 2 rings (SSSR count). The van der Waals surface area contributed by atoms with Crippen molar-refractivity contribution in [2.75, 3.05) is 13.2 Å². The van der Waals surface area contributed by atoms with Gasteiger partial charge in [-0.1, -0.05) is 0 Å². The molecule has 4 N–H and O–H groups in total. The van der Waals surface area contributed by atoms with Crippen LogP contribution in [0, 0.1) is 0 Å². The van der Waals surface area contributed by atoms with Gasteiger partial charge >= 0.3 is 11.9 Å². The maximum Gasteiger partial charge on any atom is 0.342 e. The van der Waals surface area contributed by atoms with Crippen LogP contribution in [-0.4, -0.2) is 51.4 Å². The van der Waals surface area contributed by atoms with E-state index in [0.717, 1.165) is 36.4 Å². The summed E-state index contributed by atoms with van der Waals surface area (Å²) in [5.41, 5.74) is -0.497. The molecule has 0 aliphatic rings. The molecule has 0 aliphatic carbocycles. The van der Waals surface area contributed by atoms with Crippen LogP contribution in [0.2, 0.25) is 0 Å². The minimum Gasteiger partial charge on any atom is -0.508 e. The van der Waals surface area contributed by atoms with Gasteiger partial charge in [-0.2, -0.15) is 0 Å². The number of hydrogen-bond acceptors (Lipinski definition) is 9. The number of ether oxygens (including phenoxy) is 2. The van der Waals surface area contributed by atoms with Crippen LogP contribution in [-0.2, 0) is 14.3 Å². The molecule has 0 amide bonds. The van der Waals surface area contributed by atoms with Gasteiger partial charge in [0.25, 0.3) is 0 Å². The summed E-state index contributed by atoms with van der Waals surface area (Å²) in [5.74, 6) is -4.28. The van der Waals surface area contributed by atoms with Gasteiger partial charge in [-0.15, -0.1) is 0 Å². The van der Waals surface area contributed by atoms with Gasteiger partial charge < -0.3 is 29.9 Å². The molecule has 0 fully saturated rings. The summed E-state index contributed by atoms with van der Waals surface area (Å²) >= 11 is 0. The minimum absolute atomic E-state index is 0.249. The van der Waals surface area contributed by atoms with E-state index in [1.807, 2.05) is 0 Å². The lowest BCUT2D eigenvalue weighted by Gasteiger charge is -2.08. The van der Waals surface area contributed by atoms with Gasteiger partial charge in [0.1, 0.15) is 34.1 Å². The largest absolute Gasteiger partial charge is 0.508 e. The van der Waals surface area contributed by atoms with Crippen LogP contribution in [0.3, 0.4) is 0 Å². The second-order valence-corrected chi connectivity index (χ2v) is 5.09. The van der Waals surface area contributed by atoms with E-state index in [1.54, 1.807) is 0 Å². The van der Waals surface area contributed by atoms with Crippen LogP contribution >= 0.6 is 0 Å². The number of hydrogen-bond donors (Lipinski definition) is 4. The molecule has 2 aromatic carbocycles. The number of benzene rings is 2. The highest BCUT2D eigenvalue weighted by atomic mass is 16.6. The molecule has 0 bridgehead atoms. The van der Waals surface area contributed by atoms with Crippen LogP contribution in [0.25, 0.3) is 0 Å². The summed E-state index contributed by atoms with van der Waals surface area (Å²) in [6.45, 7) is -1.43. The fourth-order valence-electron chi connectivity index (χ4n) is 1.87. The van der Waals surface area contributed by atoms with Crippen LogP contribution in [0.1, 0.15) is 20.7 Å². The molecule has 0 saturated heterocycles. The Kier molecular flexibility index (Phi) is 5.63. The molecule has 0 aliphatic heterocycles. The molecule has 0 radical (unpaired) electrons. The first-order valence-corrected chi connectivity index (χ1v) is 7.18. The number of carbonyl (C=O) groups is 3. The summed E-state index contributed by atoms with van der Waals surface area (Å²) in [5, 5.41) is 37.3. The molecule has 0 aromatic heterocycles. The summed E-state index contributed by atoms with van der Waals surface area (Å²) in [7, 11) is 0. The average molecular weight is 362 g/mol. The summed E-state index contributed by atoms with van der Waals surface area (Å²) < 4.78 is 9.37. The van der Waals surface area contributed by atoms with E-state index < -0.39 is 42.4 Å². The van der Waals surface area contributed by atoms with Crippen molar-refractivity contribution in [3.8, 4) is 23.0 Å². The number of carbonyl (C=O) groups excluding carboxylic acids is 3. The zero-order valence-electron chi connectivity index (χ0n) is 13.2. The Morgan fingerprint density at radius 1 is 0.692 bits per heavy atom. The zero-order chi connectivity index (χ0) is 19.3. The predicted octanol–water partition coefficient (Wildman–Crippen LogP) is 1.09. The van der Waals surface area contributed by atoms with Crippen LogP contribution in [0.5, 0.6) is 23.0 Å². The minimum atomic E-state index is -1.00. The van der Waals surface area contributed by atoms with E-state index in [0.29, 0.717) is 0 Å². The van der Waals surface area contributed by atoms with Crippen molar-refractivity contribution in [2.45, 2.75) is 0 Å². The maximum atomic E-state index is 11.7. The maximum absolute atomic E-state index is 11.7. The number of aromatic hydroxyl groups is 4. The number of Topliss-reactive ketones (excluding diaryl/α,β-unsaturated/α-hetero) is 1. The van der Waals surface area contributed by atoms with Crippen molar-refractivity contribution in [1.29, 1.82) is 0 Å². The molecule has 26 heavy (non-hydrogen) atoms. The number of ketones is 1. The van der Waals surface area contributed by atoms with E-state index in [2.05, 4.69) is 9.47 Å². The van der Waals surface area contributed by atoms with Gasteiger partial charge in [-0.3, -0.25) is 4.79 Å². The molecule has 0 atom stereocenters. The Bertz CT molecular complexity index is 788. The Hall–Kier alpha value is -3.75. The Morgan fingerprint density at radius 3 is 1.42 bits per heavy atom. The van der Waals surface area contributed by atoms with Gasteiger partial charge in [0.05, 0.1) is 0 Å². The standard InChI is InChI=1S/C17H14O9/c18-9-1-3-12(14(21)5-9)16(23)25-7-11(20)8-26-17(24)13-4-2-10(19)6-15(13)22/h1-6,18-19,21-22H,7-8H2. The highest BCUT2D eigenvalue weighted by Crippen LogP contribution is 2.24. The Morgan fingerprint density at radius 2 is 1.08 bits per heavy atom. The SMILES string of the molecule is O=C(COC(=O)c1ccc(O)cc1O)COC(=O)c1ccc(O)cc1O. The average Bonchev–Trinajstić information content (AvgIpc) is 2.57. The normalized spacial score (nSPS) is 10.2. The van der Waals surface area contributed by atoms with E-state index in [9.17, 15) is 24.6 Å². The molecule has 0 unspecified atom stereocenters. The zero-order valence-corrected chi connectivity index (χ0v) is 13.2. The molecular formula is C17H14O9. The van der Waals surface area contributed by atoms with Crippen molar-refractivity contribution in [1.82, 2.24) is 0 Å². The van der Waals surface area contributed by atoms with E-state index >= 15 is 0 Å². The Balaban J connectivity index is 1.85. The summed E-state index contributed by atoms with van der Waals surface area (Å²) in [6, 6.07) is 6.42. The fourth-order valence-corrected chi connectivity index (χ4v) is 1.87. The number of phenols is 4. The number of esters is 2. The molecule has 2 aromatic rings. The van der Waals surface area contributed by atoms with Crippen LogP contribution in [0.15, 0.2) is 36.4 Å². The van der Waals surface area contributed by atoms with Crippen molar-refractivity contribution in [3.05, 3.63) is 47.5 Å². The van der Waals surface area contributed by atoms with Crippen molar-refractivity contribution in [2.24, 2.45) is 0 Å². The lowest BCUT2D eigenvalue weighted by Crippen LogP contribution is -2.20. The molecule has 0 spiro atoms. The monoisotopic (exact) mass is 362 g/mol. The first kappa shape index (κ1) is 18.6. The third-order valence-electron chi connectivity index (χ3n) is 3.13. The highest BCUT2D eigenvalue weighted by molar-refractivity contribution is 5.96. The molecule has 136 valence electrons. The molecule has 9 heteroatoms. The second-order valence-electron chi connectivity index (χ2n) is 5.09. The van der Waals surface area contributed by atoms with Crippen molar-refractivity contribution < 1.29 is 44.3 Å². The predicted molar refractivity (Wildman–Crippen MR) is 85.1 cm³/mol. The van der Waals surface area contributed by atoms with Gasteiger partial charge in [0.15, 0.2) is 13.2 Å². The molecule has 0 saturated carbocycles. The van der Waals surface area contributed by atoms with E-state index in [4.69, 9.17) is 10.2 Å². The number of phenolic OH excluding ortho intramolecular Hbond substituents is 4. The highest BCUT2D eigenvalue weighted by Gasteiger charge is 2.17. The van der Waals surface area contributed by atoms with Crippen molar-refractivity contribution >= 4 is 17.7 Å². The van der Waals surface area contributed by atoms with Gasteiger partial charge in [0.2, 0.25) is 5.78 Å². The lowest BCUT2D eigenvalue weighted by atomic mass is 10.2. The van der Waals surface area contributed by atoms with Gasteiger partial charge in [-0.25, -0.2) is 9.59 Å². The molecule has 9 nitrogen and oxygen atoms in total. The van der Waals surface area contributed by atoms with Gasteiger partial charge in [-0.05, 0) is 24.3 Å².